The predicted octanol–water partition coefficient (Wildman–Crippen LogP) is 4.70. The maximum absolute atomic E-state index is 6.39. The highest BCUT2D eigenvalue weighted by molar-refractivity contribution is 6.39. The number of rotatable bonds is 3. The van der Waals surface area contributed by atoms with Gasteiger partial charge in [-0.2, -0.15) is 0 Å². The first kappa shape index (κ1) is 14.2. The Bertz CT molecular complexity index is 647. The normalized spacial score (nSPS) is 13.8. The Labute approximate surface area is 134 Å². The number of aliphatic imine (C=N–C) groups is 1. The van der Waals surface area contributed by atoms with Crippen molar-refractivity contribution in [3.8, 4) is 0 Å². The minimum atomic E-state index is 0.614. The van der Waals surface area contributed by atoms with Crippen LogP contribution in [0.3, 0.4) is 0 Å². The van der Waals surface area contributed by atoms with Crippen molar-refractivity contribution in [1.29, 1.82) is 0 Å². The van der Waals surface area contributed by atoms with E-state index in [-0.39, 0.29) is 0 Å². The summed E-state index contributed by atoms with van der Waals surface area (Å²) < 4.78 is 0. The molecule has 0 saturated carbocycles. The number of hydrogen-bond acceptors (Lipinski definition) is 3. The summed E-state index contributed by atoms with van der Waals surface area (Å²) in [7, 11) is 0. The molecule has 108 valence electrons. The molecule has 0 atom stereocenters. The molecule has 3 rings (SSSR count). The number of hydrazine groups is 1. The Hall–Kier alpha value is -1.71. The average Bonchev–Trinajstić information content (AvgIpc) is 2.98. The van der Waals surface area contributed by atoms with Crippen molar-refractivity contribution in [2.45, 2.75) is 6.92 Å². The molecular formula is C16H15Cl2N3. The van der Waals surface area contributed by atoms with Gasteiger partial charge in [0.25, 0.3) is 0 Å². The first-order chi connectivity index (χ1) is 10.2. The van der Waals surface area contributed by atoms with Crippen LogP contribution in [0.2, 0.25) is 10.0 Å². The zero-order valence-corrected chi connectivity index (χ0v) is 13.1. The molecule has 5 heteroatoms. The van der Waals surface area contributed by atoms with Crippen LogP contribution < -0.4 is 5.01 Å². The highest BCUT2D eigenvalue weighted by atomic mass is 35.5. The first-order valence-electron chi connectivity index (χ1n) is 6.74. The topological polar surface area (TPSA) is 18.8 Å². The number of anilines is 2. The zero-order chi connectivity index (χ0) is 14.8. The molecule has 0 fully saturated rings. The molecule has 3 nitrogen and oxygen atoms in total. The van der Waals surface area contributed by atoms with Crippen LogP contribution in [0.15, 0.2) is 47.5 Å². The van der Waals surface area contributed by atoms with Gasteiger partial charge in [0.15, 0.2) is 0 Å². The fourth-order valence-corrected chi connectivity index (χ4v) is 2.86. The van der Waals surface area contributed by atoms with Gasteiger partial charge in [0.05, 0.1) is 28.8 Å². The third-order valence-electron chi connectivity index (χ3n) is 3.36. The molecular weight excluding hydrogens is 305 g/mol. The summed E-state index contributed by atoms with van der Waals surface area (Å²) in [6.07, 6.45) is 1.82. The number of aryl methyl sites for hydroxylation is 1. The number of nitrogens with zero attached hydrogens (tertiary/aromatic N) is 3. The molecule has 0 spiro atoms. The van der Waals surface area contributed by atoms with E-state index >= 15 is 0 Å². The molecule has 2 aromatic carbocycles. The van der Waals surface area contributed by atoms with E-state index in [1.807, 2.05) is 34.6 Å². The summed E-state index contributed by atoms with van der Waals surface area (Å²) in [5.74, 6) is 0. The molecule has 0 aliphatic carbocycles. The summed E-state index contributed by atoms with van der Waals surface area (Å²) in [4.78, 5) is 4.29. The number of para-hydroxylation sites is 1. The second-order valence-electron chi connectivity index (χ2n) is 4.90. The largest absolute Gasteiger partial charge is 0.272 e. The molecule has 0 bridgehead atoms. The second kappa shape index (κ2) is 5.96. The molecule has 1 heterocycles. The van der Waals surface area contributed by atoms with Crippen molar-refractivity contribution in [3.63, 3.8) is 0 Å². The van der Waals surface area contributed by atoms with Gasteiger partial charge in [-0.3, -0.25) is 10.0 Å². The van der Waals surface area contributed by atoms with E-state index < -0.39 is 0 Å². The van der Waals surface area contributed by atoms with Crippen molar-refractivity contribution in [2.75, 3.05) is 18.1 Å². The Morgan fingerprint density at radius 1 is 1.05 bits per heavy atom. The summed E-state index contributed by atoms with van der Waals surface area (Å²) >= 11 is 12.8. The lowest BCUT2D eigenvalue weighted by atomic mass is 10.2. The molecule has 0 saturated heterocycles. The monoisotopic (exact) mass is 319 g/mol. The third-order valence-corrected chi connectivity index (χ3v) is 3.97. The van der Waals surface area contributed by atoms with Crippen molar-refractivity contribution >= 4 is 40.9 Å². The Kier molecular flexibility index (Phi) is 4.04. The van der Waals surface area contributed by atoms with Crippen LogP contribution in [0, 0.1) is 6.92 Å². The lowest BCUT2D eigenvalue weighted by Gasteiger charge is -2.34. The average molecular weight is 320 g/mol. The molecule has 0 amide bonds. The zero-order valence-electron chi connectivity index (χ0n) is 11.6. The van der Waals surface area contributed by atoms with E-state index in [0.29, 0.717) is 10.0 Å². The fourth-order valence-electron chi connectivity index (χ4n) is 2.30. The van der Waals surface area contributed by atoms with E-state index in [4.69, 9.17) is 23.2 Å². The lowest BCUT2D eigenvalue weighted by Crippen LogP contribution is -2.37. The van der Waals surface area contributed by atoms with E-state index in [1.165, 1.54) is 5.56 Å². The van der Waals surface area contributed by atoms with Gasteiger partial charge in [-0.1, -0.05) is 47.0 Å². The lowest BCUT2D eigenvalue weighted by molar-refractivity contribution is 0.478. The van der Waals surface area contributed by atoms with Gasteiger partial charge in [0, 0.05) is 0 Å². The van der Waals surface area contributed by atoms with Gasteiger partial charge >= 0.3 is 0 Å². The predicted molar refractivity (Wildman–Crippen MR) is 89.8 cm³/mol. The minimum absolute atomic E-state index is 0.614. The number of halogens is 2. The standard InChI is InChI=1S/C16H15Cl2N3/c1-12-5-7-13(8-6-12)21(20-10-9-19-11-20)16-14(17)3-2-4-15(16)18/h2-8,11H,9-10H2,1H3. The van der Waals surface area contributed by atoms with Gasteiger partial charge in [0.2, 0.25) is 0 Å². The maximum atomic E-state index is 6.39. The van der Waals surface area contributed by atoms with Crippen LogP contribution in [0.1, 0.15) is 5.56 Å². The van der Waals surface area contributed by atoms with Gasteiger partial charge in [-0.05, 0) is 31.2 Å². The smallest absolute Gasteiger partial charge is 0.104 e. The maximum Gasteiger partial charge on any atom is 0.104 e. The molecule has 0 radical (unpaired) electrons. The molecule has 2 aromatic rings. The van der Waals surface area contributed by atoms with Crippen molar-refractivity contribution < 1.29 is 0 Å². The third kappa shape index (κ3) is 2.85. The van der Waals surface area contributed by atoms with E-state index in [0.717, 1.165) is 24.5 Å². The molecule has 1 aliphatic heterocycles. The van der Waals surface area contributed by atoms with Crippen LogP contribution in [0.25, 0.3) is 0 Å². The molecule has 0 unspecified atom stereocenters. The van der Waals surface area contributed by atoms with Gasteiger partial charge in [0.1, 0.15) is 12.0 Å². The Balaban J connectivity index is 2.12. The van der Waals surface area contributed by atoms with Crippen molar-refractivity contribution in [1.82, 2.24) is 5.01 Å². The van der Waals surface area contributed by atoms with Gasteiger partial charge < -0.3 is 0 Å². The molecule has 0 aromatic heterocycles. The quantitative estimate of drug-likeness (QED) is 0.816. The molecule has 1 aliphatic rings. The van der Waals surface area contributed by atoms with E-state index in [2.05, 4.69) is 36.2 Å². The summed E-state index contributed by atoms with van der Waals surface area (Å²) in [5, 5.41) is 5.27. The molecule has 21 heavy (non-hydrogen) atoms. The van der Waals surface area contributed by atoms with Crippen LogP contribution in [-0.2, 0) is 0 Å². The van der Waals surface area contributed by atoms with Crippen molar-refractivity contribution in [2.24, 2.45) is 4.99 Å². The van der Waals surface area contributed by atoms with Crippen LogP contribution in [0.4, 0.5) is 11.4 Å². The Morgan fingerprint density at radius 3 is 2.29 bits per heavy atom. The highest BCUT2D eigenvalue weighted by Crippen LogP contribution is 2.39. The second-order valence-corrected chi connectivity index (χ2v) is 5.72. The highest BCUT2D eigenvalue weighted by Gasteiger charge is 2.22. The first-order valence-corrected chi connectivity index (χ1v) is 7.50. The summed E-state index contributed by atoms with van der Waals surface area (Å²) in [6, 6.07) is 13.8. The minimum Gasteiger partial charge on any atom is -0.272 e. The van der Waals surface area contributed by atoms with E-state index in [9.17, 15) is 0 Å². The van der Waals surface area contributed by atoms with Crippen LogP contribution >= 0.6 is 23.2 Å². The number of benzene rings is 2. The van der Waals surface area contributed by atoms with E-state index in [1.54, 1.807) is 0 Å². The SMILES string of the molecule is Cc1ccc(N(c2c(Cl)cccc2Cl)N2C=NCC2)cc1. The summed E-state index contributed by atoms with van der Waals surface area (Å²) in [5.41, 5.74) is 2.99. The van der Waals surface area contributed by atoms with Crippen LogP contribution in [-0.4, -0.2) is 24.4 Å². The number of hydrogen-bond donors (Lipinski definition) is 0. The summed E-state index contributed by atoms with van der Waals surface area (Å²) in [6.45, 7) is 3.63. The van der Waals surface area contributed by atoms with Gasteiger partial charge in [-0.15, -0.1) is 0 Å². The fraction of sp³-hybridized carbons (Fsp3) is 0.188. The van der Waals surface area contributed by atoms with Crippen LogP contribution in [0.5, 0.6) is 0 Å². The Morgan fingerprint density at radius 2 is 1.71 bits per heavy atom. The van der Waals surface area contributed by atoms with Crippen molar-refractivity contribution in [3.05, 3.63) is 58.1 Å². The van der Waals surface area contributed by atoms with Gasteiger partial charge in [-0.25, -0.2) is 5.01 Å². The molecule has 0 N–H and O–H groups in total.